The van der Waals surface area contributed by atoms with Crippen LogP contribution < -0.4 is 0 Å². The van der Waals surface area contributed by atoms with Gasteiger partial charge in [0.2, 0.25) is 0 Å². The highest BCUT2D eigenvalue weighted by Crippen LogP contribution is 2.14. The molecule has 0 bridgehead atoms. The Morgan fingerprint density at radius 1 is 0.354 bits per heavy atom. The van der Waals surface area contributed by atoms with E-state index in [2.05, 4.69) is 42.0 Å². The third-order valence-electron chi connectivity index (χ3n) is 9.91. The Hall–Kier alpha value is -1.14. The molecule has 0 spiro atoms. The van der Waals surface area contributed by atoms with Gasteiger partial charge in [0, 0.05) is 0 Å². The molecule has 0 saturated carbocycles. The Kier molecular flexibility index (Phi) is 32.2. The van der Waals surface area contributed by atoms with E-state index >= 15 is 0 Å². The molecule has 0 atom stereocenters. The van der Waals surface area contributed by atoms with E-state index in [-0.39, 0.29) is 11.9 Å². The first-order valence-electron chi connectivity index (χ1n) is 21.1. The lowest BCUT2D eigenvalue weighted by Crippen LogP contribution is -2.45. The van der Waals surface area contributed by atoms with Crippen molar-refractivity contribution in [2.75, 3.05) is 67.6 Å². The number of nitrogens with zero attached hydrogens (tertiary/aromatic N) is 2. The monoisotopic (exact) mass is 683 g/mol. The third-order valence-corrected chi connectivity index (χ3v) is 9.91. The van der Waals surface area contributed by atoms with Gasteiger partial charge in [-0.3, -0.25) is 0 Å². The SMILES string of the molecule is CCCCCCCCCCCCCCOC(=O)C[N+](C)(C)CCCCCC[N+](C)(C)CC(=O)OCCCCCCCCCCCCCC. The van der Waals surface area contributed by atoms with Crippen LogP contribution in [0.3, 0.4) is 0 Å². The molecule has 48 heavy (non-hydrogen) atoms. The Balaban J connectivity index is 3.68. The first-order chi connectivity index (χ1) is 23.1. The van der Waals surface area contributed by atoms with Crippen LogP contribution in [0.25, 0.3) is 0 Å². The van der Waals surface area contributed by atoms with Crippen molar-refractivity contribution in [1.29, 1.82) is 0 Å². The van der Waals surface area contributed by atoms with Gasteiger partial charge in [-0.25, -0.2) is 9.59 Å². The number of unbranched alkanes of at least 4 members (excludes halogenated alkanes) is 25. The summed E-state index contributed by atoms with van der Waals surface area (Å²) < 4.78 is 12.5. The zero-order chi connectivity index (χ0) is 35.6. The molecule has 0 aromatic rings. The highest BCUT2D eigenvalue weighted by Gasteiger charge is 2.22. The van der Waals surface area contributed by atoms with E-state index in [0.29, 0.717) is 35.3 Å². The average Bonchev–Trinajstić information content (AvgIpc) is 3.02. The molecule has 0 rings (SSSR count). The Morgan fingerprint density at radius 3 is 0.854 bits per heavy atom. The maximum atomic E-state index is 12.4. The van der Waals surface area contributed by atoms with E-state index < -0.39 is 0 Å². The number of carbonyl (C=O) groups is 2. The predicted molar refractivity (Wildman–Crippen MR) is 206 cm³/mol. The van der Waals surface area contributed by atoms with Crippen molar-refractivity contribution in [2.24, 2.45) is 0 Å². The van der Waals surface area contributed by atoms with E-state index in [4.69, 9.17) is 9.47 Å². The van der Waals surface area contributed by atoms with Crippen LogP contribution in [0.4, 0.5) is 0 Å². The van der Waals surface area contributed by atoms with Crippen LogP contribution in [0.2, 0.25) is 0 Å². The van der Waals surface area contributed by atoms with Crippen molar-refractivity contribution in [3.05, 3.63) is 0 Å². The molecule has 0 saturated heterocycles. The third kappa shape index (κ3) is 34.7. The molecule has 0 aromatic heterocycles. The Morgan fingerprint density at radius 2 is 0.583 bits per heavy atom. The predicted octanol–water partition coefficient (Wildman–Crippen LogP) is 11.2. The maximum Gasteiger partial charge on any atom is 0.361 e. The number of hydrogen-bond donors (Lipinski definition) is 0. The van der Waals surface area contributed by atoms with E-state index in [0.717, 1.165) is 64.5 Å². The molecule has 0 aromatic carbocycles. The van der Waals surface area contributed by atoms with Gasteiger partial charge in [-0.05, 0) is 38.5 Å². The van der Waals surface area contributed by atoms with Crippen LogP contribution >= 0.6 is 0 Å². The van der Waals surface area contributed by atoms with E-state index in [1.54, 1.807) is 0 Å². The van der Waals surface area contributed by atoms with Crippen molar-refractivity contribution in [2.45, 2.75) is 194 Å². The van der Waals surface area contributed by atoms with Crippen molar-refractivity contribution in [3.63, 3.8) is 0 Å². The maximum absolute atomic E-state index is 12.4. The van der Waals surface area contributed by atoms with Crippen LogP contribution in [0, 0.1) is 0 Å². The number of rotatable bonds is 37. The summed E-state index contributed by atoms with van der Waals surface area (Å²) in [5.74, 6) is -0.124. The quantitative estimate of drug-likeness (QED) is 0.0372. The van der Waals surface area contributed by atoms with Gasteiger partial charge in [-0.15, -0.1) is 0 Å². The van der Waals surface area contributed by atoms with Crippen LogP contribution in [0.1, 0.15) is 194 Å². The molecule has 0 aliphatic rings. The van der Waals surface area contributed by atoms with Gasteiger partial charge in [0.25, 0.3) is 0 Å². The minimum absolute atomic E-state index is 0.0622. The van der Waals surface area contributed by atoms with E-state index in [1.807, 2.05) is 0 Å². The molecule has 0 fully saturated rings. The lowest BCUT2D eigenvalue weighted by Gasteiger charge is -2.29. The summed E-state index contributed by atoms with van der Waals surface area (Å²) in [5.41, 5.74) is 0. The van der Waals surface area contributed by atoms with Gasteiger partial charge < -0.3 is 18.4 Å². The Labute approximate surface area is 300 Å². The van der Waals surface area contributed by atoms with E-state index in [9.17, 15) is 9.59 Å². The summed E-state index contributed by atoms with van der Waals surface area (Å²) in [5, 5.41) is 0. The average molecular weight is 683 g/mol. The lowest BCUT2D eigenvalue weighted by molar-refractivity contribution is -0.884. The first kappa shape index (κ1) is 46.9. The van der Waals surface area contributed by atoms with Crippen LogP contribution in [-0.4, -0.2) is 88.5 Å². The smallest absolute Gasteiger partial charge is 0.361 e. The minimum Gasteiger partial charge on any atom is -0.462 e. The summed E-state index contributed by atoms with van der Waals surface area (Å²) in [6, 6.07) is 0. The zero-order valence-corrected chi connectivity index (χ0v) is 33.6. The highest BCUT2D eigenvalue weighted by molar-refractivity contribution is 5.70. The molecular formula is C42H86N2O4+2. The molecule has 286 valence electrons. The second-order valence-electron chi connectivity index (χ2n) is 16.3. The molecule has 0 heterocycles. The number of ether oxygens (including phenoxy) is 2. The second-order valence-corrected chi connectivity index (χ2v) is 16.3. The summed E-state index contributed by atoms with van der Waals surface area (Å²) in [7, 11) is 8.53. The normalized spacial score (nSPS) is 12.0. The molecular weight excluding hydrogens is 596 g/mol. The fourth-order valence-electron chi connectivity index (χ4n) is 6.64. The second kappa shape index (κ2) is 33.0. The van der Waals surface area contributed by atoms with Crippen molar-refractivity contribution in [3.8, 4) is 0 Å². The largest absolute Gasteiger partial charge is 0.462 e. The minimum atomic E-state index is -0.0622. The van der Waals surface area contributed by atoms with Gasteiger partial charge in [0.1, 0.15) is 0 Å². The number of carbonyl (C=O) groups excluding carboxylic acids is 2. The van der Waals surface area contributed by atoms with Crippen molar-refractivity contribution >= 4 is 11.9 Å². The topological polar surface area (TPSA) is 52.6 Å². The van der Waals surface area contributed by atoms with Crippen LogP contribution in [-0.2, 0) is 19.1 Å². The van der Waals surface area contributed by atoms with Gasteiger partial charge in [-0.1, -0.05) is 155 Å². The molecule has 0 radical (unpaired) electrons. The van der Waals surface area contributed by atoms with Gasteiger partial charge >= 0.3 is 11.9 Å². The summed E-state index contributed by atoms with van der Waals surface area (Å²) >= 11 is 0. The molecule has 6 heteroatoms. The summed E-state index contributed by atoms with van der Waals surface area (Å²) in [6.45, 7) is 8.55. The van der Waals surface area contributed by atoms with Gasteiger partial charge in [0.15, 0.2) is 13.1 Å². The molecule has 0 aliphatic carbocycles. The molecule has 0 aliphatic heterocycles. The summed E-state index contributed by atoms with van der Waals surface area (Å²) in [4.78, 5) is 24.8. The molecule has 0 unspecified atom stereocenters. The Bertz CT molecular complexity index is 664. The van der Waals surface area contributed by atoms with Crippen LogP contribution in [0.15, 0.2) is 0 Å². The fourth-order valence-corrected chi connectivity index (χ4v) is 6.64. The molecule has 0 N–H and O–H groups in total. The highest BCUT2D eigenvalue weighted by atomic mass is 16.5. The van der Waals surface area contributed by atoms with Crippen molar-refractivity contribution in [1.82, 2.24) is 0 Å². The standard InChI is InChI=1S/C42H86N2O4/c1-7-9-11-13-15-17-19-21-23-25-29-33-37-47-41(45)39-43(3,4)35-31-27-28-32-36-44(5,6)40-42(46)48-38-34-30-26-24-22-20-18-16-14-12-10-8-2/h7-40H2,1-6H3/q+2. The number of hydrogen-bond acceptors (Lipinski definition) is 4. The van der Waals surface area contributed by atoms with Gasteiger partial charge in [0.05, 0.1) is 54.5 Å². The van der Waals surface area contributed by atoms with Crippen LogP contribution in [0.5, 0.6) is 0 Å². The number of likely N-dealkylation sites (N-methyl/N-ethyl adjacent to an activating group) is 2. The molecule has 6 nitrogen and oxygen atoms in total. The van der Waals surface area contributed by atoms with Crippen molar-refractivity contribution < 1.29 is 28.0 Å². The fraction of sp³-hybridized carbons (Fsp3) is 0.952. The summed E-state index contributed by atoms with van der Waals surface area (Å²) in [6.07, 6.45) is 36.1. The van der Waals surface area contributed by atoms with Gasteiger partial charge in [-0.2, -0.15) is 0 Å². The molecule has 0 amide bonds. The number of quaternary nitrogens is 2. The number of esters is 2. The van der Waals surface area contributed by atoms with E-state index in [1.165, 1.54) is 128 Å². The lowest BCUT2D eigenvalue weighted by atomic mass is 10.1. The zero-order valence-electron chi connectivity index (χ0n) is 33.6. The first-order valence-corrected chi connectivity index (χ1v) is 21.1.